The van der Waals surface area contributed by atoms with Crippen LogP contribution in [-0.2, 0) is 28.6 Å². The maximum Gasteiger partial charge on any atom is 0.306 e. The number of rotatable bonds is 63. The number of carbonyl (C=O) groups excluding carboxylic acids is 3. The largest absolute Gasteiger partial charge is 0.462 e. The lowest BCUT2D eigenvalue weighted by molar-refractivity contribution is -0.167. The predicted molar refractivity (Wildman–Crippen MR) is 339 cm³/mol. The van der Waals surface area contributed by atoms with E-state index in [2.05, 4.69) is 81.5 Å². The lowest BCUT2D eigenvalue weighted by atomic mass is 10.0. The van der Waals surface area contributed by atoms with E-state index in [1.807, 2.05) is 0 Å². The van der Waals surface area contributed by atoms with Gasteiger partial charge >= 0.3 is 17.9 Å². The molecular weight excluding hydrogens is 961 g/mol. The van der Waals surface area contributed by atoms with Crippen molar-refractivity contribution in [2.45, 2.75) is 367 Å². The first kappa shape index (κ1) is 75.1. The molecule has 1 atom stereocenters. The van der Waals surface area contributed by atoms with Crippen LogP contribution in [0.1, 0.15) is 361 Å². The Labute approximate surface area is 485 Å². The molecule has 0 bridgehead atoms. The Morgan fingerprint density at radius 3 is 0.731 bits per heavy atom. The highest BCUT2D eigenvalue weighted by Crippen LogP contribution is 2.17. The van der Waals surface area contributed by atoms with Gasteiger partial charge in [-0.1, -0.05) is 293 Å². The van der Waals surface area contributed by atoms with E-state index >= 15 is 0 Å². The molecule has 0 spiro atoms. The Kier molecular flexibility index (Phi) is 64.2. The van der Waals surface area contributed by atoms with E-state index in [4.69, 9.17) is 14.2 Å². The van der Waals surface area contributed by atoms with Crippen LogP contribution in [-0.4, -0.2) is 37.2 Å². The molecule has 0 saturated carbocycles. The predicted octanol–water partition coefficient (Wildman–Crippen LogP) is 23.5. The third kappa shape index (κ3) is 63.9. The molecule has 454 valence electrons. The van der Waals surface area contributed by atoms with Crippen LogP contribution in [0.4, 0.5) is 0 Å². The van der Waals surface area contributed by atoms with E-state index in [9.17, 15) is 14.4 Å². The molecule has 0 rings (SSSR count). The van der Waals surface area contributed by atoms with Gasteiger partial charge in [0.2, 0.25) is 0 Å². The molecule has 0 saturated heterocycles. The number of allylic oxidation sites excluding steroid dienone is 10. The average Bonchev–Trinajstić information content (AvgIpc) is 3.44. The number of esters is 3. The van der Waals surface area contributed by atoms with Gasteiger partial charge in [0.05, 0.1) is 0 Å². The highest BCUT2D eigenvalue weighted by molar-refractivity contribution is 5.71. The maximum atomic E-state index is 12.9. The van der Waals surface area contributed by atoms with E-state index in [0.29, 0.717) is 19.3 Å². The smallest absolute Gasteiger partial charge is 0.306 e. The fourth-order valence-electron chi connectivity index (χ4n) is 10.0. The first-order chi connectivity index (χ1) is 38.5. The molecule has 6 nitrogen and oxygen atoms in total. The van der Waals surface area contributed by atoms with E-state index in [1.165, 1.54) is 238 Å². The molecule has 0 aromatic rings. The van der Waals surface area contributed by atoms with Crippen LogP contribution < -0.4 is 0 Å². The van der Waals surface area contributed by atoms with Gasteiger partial charge in [0, 0.05) is 19.3 Å². The molecule has 6 heteroatoms. The second kappa shape index (κ2) is 66.6. The molecule has 0 aliphatic heterocycles. The van der Waals surface area contributed by atoms with Crippen molar-refractivity contribution in [3.63, 3.8) is 0 Å². The topological polar surface area (TPSA) is 78.9 Å². The van der Waals surface area contributed by atoms with Crippen LogP contribution in [0.2, 0.25) is 0 Å². The summed E-state index contributed by atoms with van der Waals surface area (Å²) >= 11 is 0. The van der Waals surface area contributed by atoms with Crippen molar-refractivity contribution in [3.8, 4) is 0 Å². The average molecular weight is 1090 g/mol. The Hall–Kier alpha value is -2.89. The Morgan fingerprint density at radius 2 is 0.462 bits per heavy atom. The highest BCUT2D eigenvalue weighted by atomic mass is 16.6. The van der Waals surface area contributed by atoms with Gasteiger partial charge in [0.1, 0.15) is 13.2 Å². The van der Waals surface area contributed by atoms with Crippen molar-refractivity contribution >= 4 is 17.9 Å². The molecule has 0 aliphatic carbocycles. The Bertz CT molecular complexity index is 1390. The third-order valence-electron chi connectivity index (χ3n) is 15.2. The zero-order valence-electron chi connectivity index (χ0n) is 52.2. The second-order valence-electron chi connectivity index (χ2n) is 23.1. The van der Waals surface area contributed by atoms with Gasteiger partial charge in [0.25, 0.3) is 0 Å². The minimum absolute atomic E-state index is 0.0787. The van der Waals surface area contributed by atoms with Crippen molar-refractivity contribution < 1.29 is 28.6 Å². The first-order valence-electron chi connectivity index (χ1n) is 34.3. The summed E-state index contributed by atoms with van der Waals surface area (Å²) in [5.41, 5.74) is 0. The van der Waals surface area contributed by atoms with Gasteiger partial charge < -0.3 is 14.2 Å². The van der Waals surface area contributed by atoms with Crippen LogP contribution in [0.25, 0.3) is 0 Å². The summed E-state index contributed by atoms with van der Waals surface area (Å²) in [5, 5.41) is 0. The molecule has 0 heterocycles. The van der Waals surface area contributed by atoms with Gasteiger partial charge in [-0.2, -0.15) is 0 Å². The molecular formula is C72H130O6. The zero-order chi connectivity index (χ0) is 56.4. The summed E-state index contributed by atoms with van der Waals surface area (Å²) in [5.74, 6) is -0.878. The van der Waals surface area contributed by atoms with Gasteiger partial charge in [-0.3, -0.25) is 14.4 Å². The quantitative estimate of drug-likeness (QED) is 0.0261. The van der Waals surface area contributed by atoms with Crippen molar-refractivity contribution in [2.24, 2.45) is 0 Å². The summed E-state index contributed by atoms with van der Waals surface area (Å²) in [7, 11) is 0. The van der Waals surface area contributed by atoms with Crippen LogP contribution in [0, 0.1) is 0 Å². The van der Waals surface area contributed by atoms with Crippen molar-refractivity contribution in [1.29, 1.82) is 0 Å². The van der Waals surface area contributed by atoms with E-state index in [0.717, 1.165) is 83.5 Å². The Balaban J connectivity index is 4.35. The summed E-state index contributed by atoms with van der Waals surface area (Å²) in [6.45, 7) is 6.65. The van der Waals surface area contributed by atoms with Crippen molar-refractivity contribution in [2.75, 3.05) is 13.2 Å². The van der Waals surface area contributed by atoms with Crippen LogP contribution in [0.15, 0.2) is 60.8 Å². The number of unbranched alkanes of at least 4 members (excludes halogenated alkanes) is 42. The summed E-state index contributed by atoms with van der Waals surface area (Å²) in [6.07, 6.45) is 85.2. The SMILES string of the molecule is CCCCCC/C=C\C/C=C\CCCCCCCC(=O)OCC(COC(=O)CCCCCCCCCCCCC/C=C\CCCCCCCCCC)OC(=O)CCCCCCCCCCC/C=C\C/C=C\CCCCCCC. The summed E-state index contributed by atoms with van der Waals surface area (Å²) in [4.78, 5) is 38.4. The maximum absolute atomic E-state index is 12.9. The van der Waals surface area contributed by atoms with Gasteiger partial charge in [-0.25, -0.2) is 0 Å². The molecule has 0 aliphatic rings. The molecule has 0 aromatic carbocycles. The summed E-state index contributed by atoms with van der Waals surface area (Å²) in [6, 6.07) is 0. The monoisotopic (exact) mass is 1090 g/mol. The van der Waals surface area contributed by atoms with E-state index in [1.54, 1.807) is 0 Å². The second-order valence-corrected chi connectivity index (χ2v) is 23.1. The number of ether oxygens (including phenoxy) is 3. The fraction of sp³-hybridized carbons (Fsp3) is 0.819. The van der Waals surface area contributed by atoms with Crippen molar-refractivity contribution in [3.05, 3.63) is 60.8 Å². The van der Waals surface area contributed by atoms with Crippen LogP contribution in [0.5, 0.6) is 0 Å². The van der Waals surface area contributed by atoms with Gasteiger partial charge in [-0.15, -0.1) is 0 Å². The zero-order valence-corrected chi connectivity index (χ0v) is 52.2. The lowest BCUT2D eigenvalue weighted by Gasteiger charge is -2.18. The van der Waals surface area contributed by atoms with Crippen molar-refractivity contribution in [1.82, 2.24) is 0 Å². The van der Waals surface area contributed by atoms with E-state index in [-0.39, 0.29) is 31.1 Å². The number of carbonyl (C=O) groups is 3. The Morgan fingerprint density at radius 1 is 0.256 bits per heavy atom. The molecule has 78 heavy (non-hydrogen) atoms. The molecule has 0 N–H and O–H groups in total. The minimum atomic E-state index is -0.784. The van der Waals surface area contributed by atoms with Gasteiger partial charge in [0.15, 0.2) is 6.10 Å². The van der Waals surface area contributed by atoms with Gasteiger partial charge in [-0.05, 0) is 109 Å². The third-order valence-corrected chi connectivity index (χ3v) is 15.2. The van der Waals surface area contributed by atoms with Crippen LogP contribution >= 0.6 is 0 Å². The molecule has 0 aromatic heterocycles. The molecule has 0 fully saturated rings. The number of hydrogen-bond donors (Lipinski definition) is 0. The van der Waals surface area contributed by atoms with Crippen LogP contribution in [0.3, 0.4) is 0 Å². The fourth-order valence-corrected chi connectivity index (χ4v) is 10.0. The number of hydrogen-bond acceptors (Lipinski definition) is 6. The lowest BCUT2D eigenvalue weighted by Crippen LogP contribution is -2.30. The van der Waals surface area contributed by atoms with E-state index < -0.39 is 6.10 Å². The molecule has 1 unspecified atom stereocenters. The molecule has 0 amide bonds. The summed E-state index contributed by atoms with van der Waals surface area (Å²) < 4.78 is 17.0. The standard InChI is InChI=1S/C72H130O6/c1-4-7-10-13-16-19-22-25-28-31-33-35-36-38-39-41-44-47-50-53-56-59-62-65-71(74)77-68-69(67-76-70(73)64-61-58-55-52-49-46-43-30-27-24-21-18-15-12-9-6-3)78-72(75)66-63-60-57-54-51-48-45-42-40-37-34-32-29-26-23-20-17-14-11-8-5-2/h21,23-24,26,30-34,43,69H,4-20,22,25,27-29,35-42,44-68H2,1-3H3/b24-21-,26-23-,33-31-,34-32-,43-30-. The highest BCUT2D eigenvalue weighted by Gasteiger charge is 2.19. The molecule has 0 radical (unpaired) electrons. The minimum Gasteiger partial charge on any atom is -0.462 e. The normalized spacial score (nSPS) is 12.4. The first-order valence-corrected chi connectivity index (χ1v) is 34.3.